The normalized spacial score (nSPS) is 13.1. The molecule has 0 atom stereocenters. The fraction of sp³-hybridized carbons (Fsp3) is 0.833. The molecule has 0 rings (SSSR count). The van der Waals surface area contributed by atoms with E-state index in [1.165, 1.54) is 13.8 Å². The van der Waals surface area contributed by atoms with E-state index in [4.69, 9.17) is 5.11 Å². The fourth-order valence-corrected chi connectivity index (χ4v) is 0.397. The van der Waals surface area contributed by atoms with Crippen molar-refractivity contribution in [3.05, 3.63) is 0 Å². The molecule has 2 N–H and O–H groups in total. The summed E-state index contributed by atoms with van der Waals surface area (Å²) < 4.78 is 34.8. The molecule has 0 aromatic heterocycles. The number of alkyl halides is 3. The van der Waals surface area contributed by atoms with E-state index in [0.717, 1.165) is 0 Å². The van der Waals surface area contributed by atoms with Crippen molar-refractivity contribution in [3.8, 4) is 0 Å². The molecule has 0 radical (unpaired) electrons. The molecule has 0 saturated heterocycles. The molecule has 0 aliphatic carbocycles. The van der Waals surface area contributed by atoms with Gasteiger partial charge in [-0.15, -0.1) is 0 Å². The van der Waals surface area contributed by atoms with Crippen LogP contribution in [0.5, 0.6) is 0 Å². The van der Waals surface area contributed by atoms with Crippen LogP contribution < -0.4 is 5.32 Å². The van der Waals surface area contributed by atoms with E-state index in [-0.39, 0.29) is 0 Å². The number of carbonyl (C=O) groups is 1. The molecule has 0 bridgehead atoms. The summed E-state index contributed by atoms with van der Waals surface area (Å²) in [5.74, 6) is -1.31. The zero-order chi connectivity index (χ0) is 9.99. The number of halogens is 3. The summed E-state index contributed by atoms with van der Waals surface area (Å²) >= 11 is 0. The number of carboxylic acids is 1. The van der Waals surface area contributed by atoms with Gasteiger partial charge in [-0.3, -0.25) is 10.1 Å². The Morgan fingerprint density at radius 1 is 1.42 bits per heavy atom. The van der Waals surface area contributed by atoms with Gasteiger partial charge in [-0.1, -0.05) is 0 Å². The number of carboxylic acid groups (broad SMARTS) is 1. The lowest BCUT2D eigenvalue weighted by Gasteiger charge is -2.21. The topological polar surface area (TPSA) is 49.3 Å². The van der Waals surface area contributed by atoms with Crippen molar-refractivity contribution in [2.45, 2.75) is 25.6 Å². The van der Waals surface area contributed by atoms with Crippen LogP contribution in [0.15, 0.2) is 0 Å². The maximum absolute atomic E-state index is 11.6. The average molecular weight is 185 g/mol. The van der Waals surface area contributed by atoms with Crippen molar-refractivity contribution in [1.82, 2.24) is 5.32 Å². The lowest BCUT2D eigenvalue weighted by Crippen LogP contribution is -2.50. The first-order valence-corrected chi connectivity index (χ1v) is 3.20. The molecule has 0 saturated carbocycles. The van der Waals surface area contributed by atoms with Gasteiger partial charge in [0.2, 0.25) is 0 Å². The smallest absolute Gasteiger partial charge is 0.401 e. The van der Waals surface area contributed by atoms with Crippen LogP contribution in [0.3, 0.4) is 0 Å². The third kappa shape index (κ3) is 4.17. The zero-order valence-corrected chi connectivity index (χ0v) is 6.70. The Kier molecular flexibility index (Phi) is 3.09. The van der Waals surface area contributed by atoms with Crippen LogP contribution in [0.25, 0.3) is 0 Å². The first-order chi connectivity index (χ1) is 5.15. The van der Waals surface area contributed by atoms with Gasteiger partial charge in [0, 0.05) is 0 Å². The first-order valence-electron chi connectivity index (χ1n) is 3.20. The molecule has 0 heterocycles. The molecule has 0 unspecified atom stereocenters. The van der Waals surface area contributed by atoms with Gasteiger partial charge in [0.05, 0.1) is 6.54 Å². The third-order valence-corrected chi connectivity index (χ3v) is 1.27. The second-order valence-electron chi connectivity index (χ2n) is 2.90. The lowest BCUT2D eigenvalue weighted by atomic mass is 10.1. The van der Waals surface area contributed by atoms with Crippen molar-refractivity contribution >= 4 is 5.97 Å². The van der Waals surface area contributed by atoms with Crippen LogP contribution in [0.2, 0.25) is 0 Å². The van der Waals surface area contributed by atoms with Gasteiger partial charge in [-0.05, 0) is 13.8 Å². The predicted molar refractivity (Wildman–Crippen MR) is 35.8 cm³/mol. The second-order valence-corrected chi connectivity index (χ2v) is 2.90. The predicted octanol–water partition coefficient (Wildman–Crippen LogP) is 1.00. The summed E-state index contributed by atoms with van der Waals surface area (Å²) in [6.45, 7) is 1.04. The summed E-state index contributed by atoms with van der Waals surface area (Å²) in [6, 6.07) is 0. The molecule has 0 aliphatic heterocycles. The second kappa shape index (κ2) is 3.30. The molecule has 0 aromatic rings. The number of hydrogen-bond acceptors (Lipinski definition) is 2. The number of rotatable bonds is 3. The Balaban J connectivity index is 4.01. The van der Waals surface area contributed by atoms with Crippen LogP contribution in [0.4, 0.5) is 13.2 Å². The Labute approximate surface area is 67.6 Å². The van der Waals surface area contributed by atoms with Gasteiger partial charge in [-0.2, -0.15) is 13.2 Å². The van der Waals surface area contributed by atoms with Gasteiger partial charge in [0.1, 0.15) is 5.54 Å². The number of nitrogens with one attached hydrogen (secondary N) is 1. The van der Waals surface area contributed by atoms with Gasteiger partial charge < -0.3 is 5.11 Å². The van der Waals surface area contributed by atoms with Crippen LogP contribution in [0.1, 0.15) is 13.8 Å². The largest absolute Gasteiger partial charge is 0.480 e. The highest BCUT2D eigenvalue weighted by Crippen LogP contribution is 2.14. The summed E-state index contributed by atoms with van der Waals surface area (Å²) in [5, 5.41) is 10.3. The highest BCUT2D eigenvalue weighted by Gasteiger charge is 2.34. The molecule has 6 heteroatoms. The van der Waals surface area contributed by atoms with Crippen LogP contribution in [0, 0.1) is 0 Å². The monoisotopic (exact) mass is 185 g/mol. The molecular weight excluding hydrogens is 175 g/mol. The summed E-state index contributed by atoms with van der Waals surface area (Å²) in [4.78, 5) is 10.3. The SMILES string of the molecule is CC(C)(NCC(F)(F)F)C(=O)O. The van der Waals surface area contributed by atoms with Crippen molar-refractivity contribution in [2.75, 3.05) is 6.54 Å². The molecule has 0 spiro atoms. The Morgan fingerprint density at radius 2 is 1.83 bits per heavy atom. The molecular formula is C6H10F3NO2. The van der Waals surface area contributed by atoms with Crippen molar-refractivity contribution in [3.63, 3.8) is 0 Å². The summed E-state index contributed by atoms with van der Waals surface area (Å²) in [7, 11) is 0. The van der Waals surface area contributed by atoms with E-state index in [1.807, 2.05) is 5.32 Å². The molecule has 0 amide bonds. The highest BCUT2D eigenvalue weighted by molar-refractivity contribution is 5.77. The lowest BCUT2D eigenvalue weighted by molar-refractivity contribution is -0.148. The van der Waals surface area contributed by atoms with E-state index in [0.29, 0.717) is 0 Å². The summed E-state index contributed by atoms with van der Waals surface area (Å²) in [6.07, 6.45) is -4.38. The van der Waals surface area contributed by atoms with E-state index in [2.05, 4.69) is 0 Å². The van der Waals surface area contributed by atoms with E-state index >= 15 is 0 Å². The fourth-order valence-electron chi connectivity index (χ4n) is 0.397. The van der Waals surface area contributed by atoms with E-state index in [9.17, 15) is 18.0 Å². The maximum atomic E-state index is 11.6. The molecule has 3 nitrogen and oxygen atoms in total. The van der Waals surface area contributed by atoms with Crippen molar-refractivity contribution < 1.29 is 23.1 Å². The molecule has 0 aromatic carbocycles. The van der Waals surface area contributed by atoms with Gasteiger partial charge >= 0.3 is 12.1 Å². The number of aliphatic carboxylic acids is 1. The van der Waals surface area contributed by atoms with Crippen LogP contribution >= 0.6 is 0 Å². The molecule has 0 fully saturated rings. The Hall–Kier alpha value is -0.780. The zero-order valence-electron chi connectivity index (χ0n) is 6.70. The first kappa shape index (κ1) is 11.2. The quantitative estimate of drug-likeness (QED) is 0.689. The van der Waals surface area contributed by atoms with Gasteiger partial charge in [0.25, 0.3) is 0 Å². The minimum absolute atomic E-state index is 1.17. The molecule has 72 valence electrons. The third-order valence-electron chi connectivity index (χ3n) is 1.27. The highest BCUT2D eigenvalue weighted by atomic mass is 19.4. The van der Waals surface area contributed by atoms with E-state index in [1.54, 1.807) is 0 Å². The van der Waals surface area contributed by atoms with Crippen LogP contribution in [-0.4, -0.2) is 29.3 Å². The Morgan fingerprint density at radius 3 is 2.08 bits per heavy atom. The number of hydrogen-bond donors (Lipinski definition) is 2. The van der Waals surface area contributed by atoms with Crippen molar-refractivity contribution in [2.24, 2.45) is 0 Å². The summed E-state index contributed by atoms with van der Waals surface area (Å²) in [5.41, 5.74) is -1.55. The molecule has 12 heavy (non-hydrogen) atoms. The average Bonchev–Trinajstić information content (AvgIpc) is 1.82. The molecule has 0 aliphatic rings. The van der Waals surface area contributed by atoms with Gasteiger partial charge in [-0.25, -0.2) is 0 Å². The standard InChI is InChI=1S/C6H10F3NO2/c1-5(2,4(11)12)10-3-6(7,8)9/h10H,3H2,1-2H3,(H,11,12). The van der Waals surface area contributed by atoms with Gasteiger partial charge in [0.15, 0.2) is 0 Å². The van der Waals surface area contributed by atoms with Crippen molar-refractivity contribution in [1.29, 1.82) is 0 Å². The van der Waals surface area contributed by atoms with E-state index < -0.39 is 24.2 Å². The minimum Gasteiger partial charge on any atom is -0.480 e. The Bertz CT molecular complexity index is 176. The van der Waals surface area contributed by atoms with Crippen LogP contribution in [-0.2, 0) is 4.79 Å². The minimum atomic E-state index is -4.38. The maximum Gasteiger partial charge on any atom is 0.401 e.